The lowest BCUT2D eigenvalue weighted by atomic mass is 10.0. The summed E-state index contributed by atoms with van der Waals surface area (Å²) in [5.74, 6) is 0.673. The number of aliphatic hydroxyl groups is 1. The first-order valence-corrected chi connectivity index (χ1v) is 8.18. The smallest absolute Gasteiger partial charge is 0.0781 e. The summed E-state index contributed by atoms with van der Waals surface area (Å²) in [6.45, 7) is 0.872. The van der Waals surface area contributed by atoms with Gasteiger partial charge in [0.25, 0.3) is 0 Å². The molecule has 0 aliphatic rings. The number of aliphatic hydroxyl groups excluding tert-OH is 1. The van der Waals surface area contributed by atoms with Gasteiger partial charge in [0, 0.05) is 0 Å². The van der Waals surface area contributed by atoms with Crippen molar-refractivity contribution in [2.75, 3.05) is 12.4 Å². The Balaban J connectivity index is 1.81. The van der Waals surface area contributed by atoms with Crippen molar-refractivity contribution in [3.8, 4) is 0 Å². The number of hydrogen-bond donors (Lipinski definition) is 2. The van der Waals surface area contributed by atoms with Gasteiger partial charge in [-0.1, -0.05) is 48.5 Å². The molecular formula is C19H20O2S. The van der Waals surface area contributed by atoms with Gasteiger partial charge in [-0.2, -0.15) is 12.6 Å². The van der Waals surface area contributed by atoms with E-state index in [0.717, 1.165) is 5.56 Å². The van der Waals surface area contributed by atoms with Crippen LogP contribution in [0.1, 0.15) is 12.0 Å². The molecule has 0 saturated heterocycles. The minimum absolute atomic E-state index is 0.355. The normalized spacial score (nSPS) is 12.8. The van der Waals surface area contributed by atoms with Gasteiger partial charge in [0.15, 0.2) is 0 Å². The van der Waals surface area contributed by atoms with Gasteiger partial charge in [-0.25, -0.2) is 0 Å². The monoisotopic (exact) mass is 312 g/mol. The van der Waals surface area contributed by atoms with Crippen LogP contribution in [0.25, 0.3) is 21.5 Å². The van der Waals surface area contributed by atoms with Crippen LogP contribution >= 0.6 is 12.6 Å². The number of ether oxygens (including phenoxy) is 1. The Morgan fingerprint density at radius 1 is 0.955 bits per heavy atom. The summed E-state index contributed by atoms with van der Waals surface area (Å²) in [6, 6.07) is 19.1. The van der Waals surface area contributed by atoms with E-state index < -0.39 is 6.10 Å². The van der Waals surface area contributed by atoms with E-state index in [9.17, 15) is 5.11 Å². The maximum atomic E-state index is 9.67. The van der Waals surface area contributed by atoms with Crippen molar-refractivity contribution in [2.24, 2.45) is 0 Å². The Morgan fingerprint density at radius 3 is 2.50 bits per heavy atom. The van der Waals surface area contributed by atoms with E-state index in [0.29, 0.717) is 25.4 Å². The second kappa shape index (κ2) is 7.14. The van der Waals surface area contributed by atoms with Gasteiger partial charge < -0.3 is 9.84 Å². The summed E-state index contributed by atoms with van der Waals surface area (Å²) in [7, 11) is 0. The summed E-state index contributed by atoms with van der Waals surface area (Å²) in [6.07, 6.45) is 0.227. The fourth-order valence-electron chi connectivity index (χ4n) is 2.68. The summed E-state index contributed by atoms with van der Waals surface area (Å²) >= 11 is 4.11. The van der Waals surface area contributed by atoms with Gasteiger partial charge in [-0.15, -0.1) is 0 Å². The number of rotatable bonds is 6. The first-order valence-electron chi connectivity index (χ1n) is 7.55. The van der Waals surface area contributed by atoms with Crippen LogP contribution in [0.5, 0.6) is 0 Å². The van der Waals surface area contributed by atoms with Crippen LogP contribution in [0, 0.1) is 0 Å². The predicted octanol–water partition coefficient (Wildman–Crippen LogP) is 4.19. The van der Waals surface area contributed by atoms with Crippen molar-refractivity contribution >= 4 is 34.2 Å². The molecule has 0 radical (unpaired) electrons. The number of benzene rings is 3. The highest BCUT2D eigenvalue weighted by Gasteiger charge is 2.05. The summed E-state index contributed by atoms with van der Waals surface area (Å²) in [5.41, 5.74) is 1.13. The Morgan fingerprint density at radius 2 is 1.68 bits per heavy atom. The predicted molar refractivity (Wildman–Crippen MR) is 95.6 cm³/mol. The molecule has 2 nitrogen and oxygen atoms in total. The van der Waals surface area contributed by atoms with Gasteiger partial charge in [-0.3, -0.25) is 0 Å². The van der Waals surface area contributed by atoms with Crippen molar-refractivity contribution in [1.82, 2.24) is 0 Å². The molecule has 0 fully saturated rings. The lowest BCUT2D eigenvalue weighted by molar-refractivity contribution is 0.0275. The van der Waals surface area contributed by atoms with E-state index in [-0.39, 0.29) is 0 Å². The van der Waals surface area contributed by atoms with Crippen LogP contribution in [0.4, 0.5) is 0 Å². The summed E-state index contributed by atoms with van der Waals surface area (Å²) in [5, 5.41) is 14.7. The van der Waals surface area contributed by atoms with Gasteiger partial charge in [0.1, 0.15) is 0 Å². The fraction of sp³-hybridized carbons (Fsp3) is 0.263. The van der Waals surface area contributed by atoms with Crippen molar-refractivity contribution in [1.29, 1.82) is 0 Å². The highest BCUT2D eigenvalue weighted by atomic mass is 32.1. The first kappa shape index (κ1) is 15.3. The summed E-state index contributed by atoms with van der Waals surface area (Å²) in [4.78, 5) is 0. The Kier molecular flexibility index (Phi) is 4.98. The molecule has 1 unspecified atom stereocenters. The molecule has 0 spiro atoms. The van der Waals surface area contributed by atoms with E-state index in [2.05, 4.69) is 67.2 Å². The molecule has 0 amide bonds. The second-order valence-electron chi connectivity index (χ2n) is 5.52. The van der Waals surface area contributed by atoms with Crippen LogP contribution in [0.2, 0.25) is 0 Å². The largest absolute Gasteiger partial charge is 0.391 e. The quantitative estimate of drug-likeness (QED) is 0.528. The minimum Gasteiger partial charge on any atom is -0.391 e. The highest BCUT2D eigenvalue weighted by Crippen LogP contribution is 2.26. The van der Waals surface area contributed by atoms with E-state index in [1.807, 2.05) is 0 Å². The molecule has 1 N–H and O–H groups in total. The van der Waals surface area contributed by atoms with Crippen molar-refractivity contribution < 1.29 is 9.84 Å². The van der Waals surface area contributed by atoms with Crippen molar-refractivity contribution in [3.05, 3.63) is 60.2 Å². The van der Waals surface area contributed by atoms with Gasteiger partial charge in [-0.05, 0) is 45.3 Å². The van der Waals surface area contributed by atoms with Gasteiger partial charge in [0.2, 0.25) is 0 Å². The SMILES string of the molecule is OC(CCS)COCc1ccc2ccc3ccccc3c2c1. The zero-order valence-corrected chi connectivity index (χ0v) is 13.3. The zero-order chi connectivity index (χ0) is 15.4. The van der Waals surface area contributed by atoms with E-state index in [1.165, 1.54) is 21.5 Å². The fourth-order valence-corrected chi connectivity index (χ4v) is 2.98. The number of thiol groups is 1. The lowest BCUT2D eigenvalue weighted by Gasteiger charge is -2.11. The van der Waals surface area contributed by atoms with E-state index in [1.54, 1.807) is 0 Å². The molecule has 3 rings (SSSR count). The lowest BCUT2D eigenvalue weighted by Crippen LogP contribution is -2.15. The molecule has 3 aromatic rings. The van der Waals surface area contributed by atoms with Crippen LogP contribution in [0.3, 0.4) is 0 Å². The maximum Gasteiger partial charge on any atom is 0.0781 e. The second-order valence-corrected chi connectivity index (χ2v) is 5.97. The minimum atomic E-state index is -0.432. The third kappa shape index (κ3) is 3.43. The molecular weight excluding hydrogens is 292 g/mol. The Labute approximate surface area is 136 Å². The van der Waals surface area contributed by atoms with Crippen LogP contribution in [-0.4, -0.2) is 23.6 Å². The molecule has 3 aromatic carbocycles. The average Bonchev–Trinajstić information content (AvgIpc) is 2.55. The van der Waals surface area contributed by atoms with Crippen molar-refractivity contribution in [2.45, 2.75) is 19.1 Å². The third-order valence-corrected chi connectivity index (χ3v) is 4.11. The third-order valence-electron chi connectivity index (χ3n) is 3.85. The number of fused-ring (bicyclic) bond motifs is 3. The molecule has 0 aliphatic carbocycles. The van der Waals surface area contributed by atoms with Crippen LogP contribution < -0.4 is 0 Å². The van der Waals surface area contributed by atoms with Crippen LogP contribution in [-0.2, 0) is 11.3 Å². The molecule has 0 heterocycles. The van der Waals surface area contributed by atoms with E-state index in [4.69, 9.17) is 4.74 Å². The molecule has 1 atom stereocenters. The van der Waals surface area contributed by atoms with Crippen LogP contribution in [0.15, 0.2) is 54.6 Å². The Hall–Kier alpha value is -1.55. The standard InChI is InChI=1S/C19H20O2S/c20-17(9-10-22)13-21-12-14-5-6-16-8-7-15-3-1-2-4-18(15)19(16)11-14/h1-8,11,17,20,22H,9-10,12-13H2. The first-order chi connectivity index (χ1) is 10.8. The highest BCUT2D eigenvalue weighted by molar-refractivity contribution is 7.80. The Bertz CT molecular complexity index is 770. The summed E-state index contributed by atoms with van der Waals surface area (Å²) < 4.78 is 5.61. The van der Waals surface area contributed by atoms with Crippen molar-refractivity contribution in [3.63, 3.8) is 0 Å². The van der Waals surface area contributed by atoms with E-state index >= 15 is 0 Å². The topological polar surface area (TPSA) is 29.5 Å². The maximum absolute atomic E-state index is 9.67. The van der Waals surface area contributed by atoms with Gasteiger partial charge >= 0.3 is 0 Å². The van der Waals surface area contributed by atoms with Gasteiger partial charge in [0.05, 0.1) is 19.3 Å². The molecule has 114 valence electrons. The zero-order valence-electron chi connectivity index (χ0n) is 12.4. The molecule has 22 heavy (non-hydrogen) atoms. The average molecular weight is 312 g/mol. The molecule has 0 saturated carbocycles. The molecule has 0 aromatic heterocycles. The molecule has 0 aliphatic heterocycles. The molecule has 0 bridgehead atoms. The molecule has 3 heteroatoms. The number of hydrogen-bond acceptors (Lipinski definition) is 3.